The van der Waals surface area contributed by atoms with Gasteiger partial charge in [0, 0.05) is 26.7 Å². The number of carbonyl (C=O) groups excluding carboxylic acids is 1. The molecular formula is C15H25N5OS. The first-order chi connectivity index (χ1) is 10.5. The molecule has 1 aliphatic rings. The number of nitrogens with zero attached hydrogens (tertiary/aromatic N) is 3. The van der Waals surface area contributed by atoms with Crippen molar-refractivity contribution in [1.82, 2.24) is 20.0 Å². The molecule has 2 rings (SSSR count). The minimum absolute atomic E-state index is 0.0221. The molecule has 22 heavy (non-hydrogen) atoms. The van der Waals surface area contributed by atoms with Gasteiger partial charge in [0.15, 0.2) is 5.11 Å². The molecule has 6 nitrogen and oxygen atoms in total. The highest BCUT2D eigenvalue weighted by atomic mass is 32.1. The van der Waals surface area contributed by atoms with Crippen LogP contribution in [0.2, 0.25) is 0 Å². The van der Waals surface area contributed by atoms with Gasteiger partial charge in [-0.2, -0.15) is 5.10 Å². The highest BCUT2D eigenvalue weighted by molar-refractivity contribution is 7.80. The van der Waals surface area contributed by atoms with Gasteiger partial charge in [0.25, 0.3) is 5.91 Å². The molecule has 0 spiro atoms. The van der Waals surface area contributed by atoms with E-state index >= 15 is 0 Å². The zero-order valence-corrected chi connectivity index (χ0v) is 14.4. The molecule has 122 valence electrons. The molecule has 7 heteroatoms. The van der Waals surface area contributed by atoms with Crippen molar-refractivity contribution in [2.45, 2.75) is 33.1 Å². The van der Waals surface area contributed by atoms with Crippen molar-refractivity contribution in [3.05, 3.63) is 11.9 Å². The Bertz CT molecular complexity index is 534. The third-order valence-corrected chi connectivity index (χ3v) is 3.95. The zero-order chi connectivity index (χ0) is 16.1. The number of aromatic nitrogens is 2. The Morgan fingerprint density at radius 2 is 2.05 bits per heavy atom. The standard InChI is InChI=1S/C15H25N5OS/c1-11(2)9-16-15(22)18-12-10-17-19(3)13(12)14(21)20-7-5-4-6-8-20/h10-11H,4-9H2,1-3H3,(H2,16,18,22). The number of hydrogen-bond donors (Lipinski definition) is 2. The number of aryl methyl sites for hydroxylation is 1. The quantitative estimate of drug-likeness (QED) is 0.830. The fourth-order valence-corrected chi connectivity index (χ4v) is 2.69. The lowest BCUT2D eigenvalue weighted by Crippen LogP contribution is -2.37. The van der Waals surface area contributed by atoms with Gasteiger partial charge in [-0.05, 0) is 37.4 Å². The summed E-state index contributed by atoms with van der Waals surface area (Å²) in [4.78, 5) is 14.6. The van der Waals surface area contributed by atoms with E-state index in [9.17, 15) is 4.79 Å². The summed E-state index contributed by atoms with van der Waals surface area (Å²) < 4.78 is 1.62. The number of nitrogens with one attached hydrogen (secondary N) is 2. The largest absolute Gasteiger partial charge is 0.362 e. The van der Waals surface area contributed by atoms with Gasteiger partial charge in [-0.1, -0.05) is 13.8 Å². The van der Waals surface area contributed by atoms with E-state index in [1.165, 1.54) is 6.42 Å². The highest BCUT2D eigenvalue weighted by Gasteiger charge is 2.24. The predicted molar refractivity (Wildman–Crippen MR) is 92.0 cm³/mol. The van der Waals surface area contributed by atoms with Crippen molar-refractivity contribution < 1.29 is 4.79 Å². The monoisotopic (exact) mass is 323 g/mol. The topological polar surface area (TPSA) is 62.2 Å². The van der Waals surface area contributed by atoms with E-state index in [2.05, 4.69) is 29.6 Å². The van der Waals surface area contributed by atoms with Crippen LogP contribution in [-0.4, -0.2) is 45.3 Å². The van der Waals surface area contributed by atoms with Crippen LogP contribution in [0.3, 0.4) is 0 Å². The Kier molecular flexibility index (Phi) is 5.76. The molecule has 1 saturated heterocycles. The van der Waals surface area contributed by atoms with Gasteiger partial charge in [-0.3, -0.25) is 9.48 Å². The van der Waals surface area contributed by atoms with Gasteiger partial charge in [0.2, 0.25) is 0 Å². The van der Waals surface area contributed by atoms with Crippen LogP contribution in [0.25, 0.3) is 0 Å². The minimum Gasteiger partial charge on any atom is -0.362 e. The summed E-state index contributed by atoms with van der Waals surface area (Å²) in [6.07, 6.45) is 4.99. The smallest absolute Gasteiger partial charge is 0.274 e. The fourth-order valence-electron chi connectivity index (χ4n) is 2.49. The van der Waals surface area contributed by atoms with Gasteiger partial charge < -0.3 is 15.5 Å². The molecule has 1 aliphatic heterocycles. The first kappa shape index (κ1) is 16.7. The number of likely N-dealkylation sites (tertiary alicyclic amines) is 1. The lowest BCUT2D eigenvalue weighted by atomic mass is 10.1. The van der Waals surface area contributed by atoms with Crippen molar-refractivity contribution in [2.75, 3.05) is 25.0 Å². The second-order valence-electron chi connectivity index (χ2n) is 6.11. The second kappa shape index (κ2) is 7.58. The van der Waals surface area contributed by atoms with Gasteiger partial charge in [0.05, 0.1) is 11.9 Å². The molecule has 0 saturated carbocycles. The molecule has 0 aromatic carbocycles. The third kappa shape index (κ3) is 4.19. The summed E-state index contributed by atoms with van der Waals surface area (Å²) in [7, 11) is 1.78. The van der Waals surface area contributed by atoms with E-state index in [4.69, 9.17) is 12.2 Å². The zero-order valence-electron chi connectivity index (χ0n) is 13.6. The van der Waals surface area contributed by atoms with Crippen LogP contribution in [0.1, 0.15) is 43.6 Å². The molecule has 1 fully saturated rings. The predicted octanol–water partition coefficient (Wildman–Crippen LogP) is 1.99. The first-order valence-electron chi connectivity index (χ1n) is 7.85. The van der Waals surface area contributed by atoms with Crippen LogP contribution in [0.4, 0.5) is 5.69 Å². The van der Waals surface area contributed by atoms with Gasteiger partial charge in [-0.15, -0.1) is 0 Å². The maximum Gasteiger partial charge on any atom is 0.274 e. The Balaban J connectivity index is 2.06. The maximum atomic E-state index is 12.7. The number of amides is 1. The number of rotatable bonds is 4. The molecular weight excluding hydrogens is 298 g/mol. The van der Waals surface area contributed by atoms with Crippen molar-refractivity contribution in [3.8, 4) is 0 Å². The average molecular weight is 323 g/mol. The molecule has 0 unspecified atom stereocenters. The summed E-state index contributed by atoms with van der Waals surface area (Å²) >= 11 is 5.28. The lowest BCUT2D eigenvalue weighted by molar-refractivity contribution is 0.0714. The van der Waals surface area contributed by atoms with Gasteiger partial charge in [0.1, 0.15) is 5.69 Å². The summed E-state index contributed by atoms with van der Waals surface area (Å²) in [5.41, 5.74) is 1.23. The fraction of sp³-hybridized carbons (Fsp3) is 0.667. The number of hydrogen-bond acceptors (Lipinski definition) is 3. The maximum absolute atomic E-state index is 12.7. The third-order valence-electron chi connectivity index (χ3n) is 3.70. The molecule has 2 heterocycles. The number of thiocarbonyl (C=S) groups is 1. The molecule has 1 amide bonds. The van der Waals surface area contributed by atoms with Crippen LogP contribution in [-0.2, 0) is 7.05 Å². The molecule has 0 atom stereocenters. The van der Waals surface area contributed by atoms with Crippen molar-refractivity contribution in [3.63, 3.8) is 0 Å². The van der Waals surface area contributed by atoms with E-state index in [-0.39, 0.29) is 5.91 Å². The van der Waals surface area contributed by atoms with E-state index < -0.39 is 0 Å². The van der Waals surface area contributed by atoms with E-state index in [0.717, 1.165) is 32.5 Å². The SMILES string of the molecule is CC(C)CNC(=S)Nc1cnn(C)c1C(=O)N1CCCCC1. The van der Waals surface area contributed by atoms with Crippen LogP contribution in [0, 0.1) is 5.92 Å². The Hall–Kier alpha value is -1.63. The van der Waals surface area contributed by atoms with Gasteiger partial charge >= 0.3 is 0 Å². The van der Waals surface area contributed by atoms with Crippen LogP contribution >= 0.6 is 12.2 Å². The normalized spacial score (nSPS) is 15.0. The van der Waals surface area contributed by atoms with Crippen LogP contribution in [0.15, 0.2) is 6.20 Å². The molecule has 0 bridgehead atoms. The van der Waals surface area contributed by atoms with Crippen molar-refractivity contribution in [1.29, 1.82) is 0 Å². The summed E-state index contributed by atoms with van der Waals surface area (Å²) in [5, 5.41) is 11.0. The van der Waals surface area contributed by atoms with E-state index in [1.807, 2.05) is 4.90 Å². The highest BCUT2D eigenvalue weighted by Crippen LogP contribution is 2.19. The van der Waals surface area contributed by atoms with Crippen molar-refractivity contribution in [2.24, 2.45) is 13.0 Å². The van der Waals surface area contributed by atoms with E-state index in [0.29, 0.717) is 22.4 Å². The summed E-state index contributed by atoms with van der Waals surface area (Å²) in [5.74, 6) is 0.525. The lowest BCUT2D eigenvalue weighted by Gasteiger charge is -2.27. The number of carbonyl (C=O) groups is 1. The second-order valence-corrected chi connectivity index (χ2v) is 6.52. The van der Waals surface area contributed by atoms with Gasteiger partial charge in [-0.25, -0.2) is 0 Å². The number of piperidine rings is 1. The van der Waals surface area contributed by atoms with E-state index in [1.54, 1.807) is 17.9 Å². The minimum atomic E-state index is 0.0221. The molecule has 1 aromatic rings. The molecule has 1 aromatic heterocycles. The van der Waals surface area contributed by atoms with Crippen LogP contribution < -0.4 is 10.6 Å². The van der Waals surface area contributed by atoms with Crippen molar-refractivity contribution >= 4 is 28.9 Å². The Morgan fingerprint density at radius 1 is 1.36 bits per heavy atom. The number of anilines is 1. The summed E-state index contributed by atoms with van der Waals surface area (Å²) in [6.45, 7) is 6.66. The molecule has 0 aliphatic carbocycles. The van der Waals surface area contributed by atoms with Crippen LogP contribution in [0.5, 0.6) is 0 Å². The molecule has 0 radical (unpaired) electrons. The summed E-state index contributed by atoms with van der Waals surface area (Å²) in [6, 6.07) is 0. The first-order valence-corrected chi connectivity index (χ1v) is 8.26. The Morgan fingerprint density at radius 3 is 2.68 bits per heavy atom. The average Bonchev–Trinajstić information content (AvgIpc) is 2.86. The Labute approximate surface area is 137 Å². The molecule has 2 N–H and O–H groups in total.